The maximum atomic E-state index is 11.9. The summed E-state index contributed by atoms with van der Waals surface area (Å²) in [5.74, 6) is 2.53. The van der Waals surface area contributed by atoms with Gasteiger partial charge in [-0.2, -0.15) is 14.3 Å². The normalized spacial score (nSPS) is 11.5. The summed E-state index contributed by atoms with van der Waals surface area (Å²) in [6, 6.07) is 34.9. The van der Waals surface area contributed by atoms with E-state index in [1.54, 1.807) is 97.1 Å². The van der Waals surface area contributed by atoms with Crippen molar-refractivity contribution in [3.8, 4) is 67.5 Å². The fourth-order valence-corrected chi connectivity index (χ4v) is 13.2. The van der Waals surface area contributed by atoms with Gasteiger partial charge in [0, 0.05) is 91.4 Å². The number of nitrogens with two attached hydrogens (primary N) is 5. The lowest BCUT2D eigenvalue weighted by molar-refractivity contribution is -0.432. The van der Waals surface area contributed by atoms with Crippen molar-refractivity contribution in [3.05, 3.63) is 150 Å². The van der Waals surface area contributed by atoms with Crippen LogP contribution in [0.1, 0.15) is 83.0 Å². The fraction of sp³-hybridized carbons (Fsp3) is 0.0938. The third-order valence-electron chi connectivity index (χ3n) is 14.6. The number of aromatic nitrogens is 6. The highest BCUT2D eigenvalue weighted by Crippen LogP contribution is 2.51. The third kappa shape index (κ3) is 14.1. The van der Waals surface area contributed by atoms with Crippen molar-refractivity contribution in [2.24, 2.45) is 28.8 Å². The molecule has 14 N–H and O–H groups in total. The molecule has 0 unspecified atom stereocenters. The molecule has 3 aliphatic carbocycles. The van der Waals surface area contributed by atoms with Crippen LogP contribution in [0, 0.1) is 0 Å². The SMILES string of the molecule is CC.CC.CC.NC(=O)c1cc2c3c(cc(C(N)=O)cc3c1)-c1nc3cc(SOOO)ccc3nc1-2.NC(=O)c1cc2c3c(cc(S(=O)(=O)O)cc3c1)-c1nc3ccc(SOOO)cc3nc1-2.NOOSc1cc2c3c(cc(C(N)=O)cc3c1)-c1nc3ccc(SOOO)cc3nc1-2. The average molecular weight is 1420 g/mol. The highest BCUT2D eigenvalue weighted by atomic mass is 32.2. The maximum absolute atomic E-state index is 11.9. The van der Waals surface area contributed by atoms with Gasteiger partial charge in [-0.25, -0.2) is 45.7 Å². The monoisotopic (exact) mass is 1420 g/mol. The van der Waals surface area contributed by atoms with E-state index in [0.717, 1.165) is 75.5 Å². The van der Waals surface area contributed by atoms with E-state index in [1.165, 1.54) is 18.2 Å². The second kappa shape index (κ2) is 30.5. The molecule has 12 aromatic rings. The van der Waals surface area contributed by atoms with Gasteiger partial charge in [-0.3, -0.25) is 23.7 Å². The third-order valence-corrected chi connectivity index (χ3v) is 17.8. The predicted molar refractivity (Wildman–Crippen MR) is 367 cm³/mol. The molecule has 0 saturated heterocycles. The largest absolute Gasteiger partial charge is 0.366 e. The summed E-state index contributed by atoms with van der Waals surface area (Å²) < 4.78 is 51.4. The number of hydrogen-bond donors (Lipinski definition) is 9. The summed E-state index contributed by atoms with van der Waals surface area (Å²) in [7, 11) is -4.51. The standard InChI is InChI=1S/C20H12N4O5S.C19H12N4O6S2.C19H11N3O7S2.3C2H6/c21-19(25)9-3-8-4-10(20(22)26)6-13-16(8)12(5-9)17-18(13)24-15-7-11(30-29-28-27)1-2-14(15)23-17;20-19(24)9-3-8-4-11(31-28-26-21)6-13-16(8)12(5-9)17-18(13)23-15-7-10(30-29-27-25)1-2-14(15)22-17;20-19(23)9-3-8-4-11(31(25,26)27)7-13-16(8)12(5-9)17-18(13)21-14-2-1-10(30-29-28-24)6-15(14)22-17;3*1-2/h1-7,27H,(H2,21,25)(H2,22,26);1-7,25H,21H2,(H2,20,24);1-7,24H,(H2,20,23)(H,25,26,27);3*1-2H3. The molecule has 0 radical (unpaired) electrons. The molecule has 0 fully saturated rings. The number of benzene rings is 9. The Morgan fingerprint density at radius 1 is 0.357 bits per heavy atom. The van der Waals surface area contributed by atoms with E-state index in [-0.39, 0.29) is 16.0 Å². The average Bonchev–Trinajstić information content (AvgIpc) is 1.58. The van der Waals surface area contributed by atoms with Crippen molar-refractivity contribution >= 4 is 147 Å². The van der Waals surface area contributed by atoms with Crippen molar-refractivity contribution in [3.63, 3.8) is 0 Å². The Hall–Kier alpha value is -9.51. The van der Waals surface area contributed by atoms with Crippen LogP contribution in [-0.4, -0.2) is 82.3 Å². The smallest absolute Gasteiger partial charge is 0.294 e. The van der Waals surface area contributed by atoms with Crippen LogP contribution in [0.4, 0.5) is 0 Å². The fourth-order valence-electron chi connectivity index (χ4n) is 11.0. The summed E-state index contributed by atoms with van der Waals surface area (Å²) in [6.45, 7) is 12.0. The molecule has 4 amide bonds. The van der Waals surface area contributed by atoms with Gasteiger partial charge in [0.05, 0.1) is 120 Å². The molecule has 0 aliphatic heterocycles. The van der Waals surface area contributed by atoms with E-state index in [0.29, 0.717) is 136 Å². The summed E-state index contributed by atoms with van der Waals surface area (Å²) in [5.41, 5.74) is 33.9. The minimum absolute atomic E-state index is 0.161. The predicted octanol–water partition coefficient (Wildman–Crippen LogP) is 13.1. The van der Waals surface area contributed by atoms with E-state index < -0.39 is 33.7 Å². The van der Waals surface area contributed by atoms with Crippen molar-refractivity contribution in [2.45, 2.75) is 66.0 Å². The van der Waals surface area contributed by atoms with Crippen LogP contribution >= 0.6 is 48.2 Å². The zero-order valence-electron chi connectivity index (χ0n) is 51.7. The van der Waals surface area contributed by atoms with Crippen LogP contribution in [0.25, 0.3) is 133 Å². The van der Waals surface area contributed by atoms with Crippen LogP contribution in [0.5, 0.6) is 0 Å². The Balaban J connectivity index is 0.000000153. The number of amides is 4. The Morgan fingerprint density at radius 3 is 0.929 bits per heavy atom. The molecule has 29 nitrogen and oxygen atoms in total. The van der Waals surface area contributed by atoms with Crippen LogP contribution in [0.2, 0.25) is 0 Å². The van der Waals surface area contributed by atoms with Crippen molar-refractivity contribution < 1.29 is 85.4 Å². The van der Waals surface area contributed by atoms with Gasteiger partial charge in [-0.15, -0.1) is 22.3 Å². The summed E-state index contributed by atoms with van der Waals surface area (Å²) in [5, 5.41) is 40.1. The number of carbonyl (C=O) groups excluding carboxylic acids is 4. The van der Waals surface area contributed by atoms with E-state index in [2.05, 4.69) is 43.1 Å². The topological polar surface area (TPSA) is 465 Å². The Kier molecular flexibility index (Phi) is 22.2. The number of primary amides is 4. The summed E-state index contributed by atoms with van der Waals surface area (Å²) >= 11 is 3.33. The zero-order chi connectivity index (χ0) is 70.4. The van der Waals surface area contributed by atoms with Crippen molar-refractivity contribution in [1.29, 1.82) is 0 Å². The molecule has 3 heterocycles. The number of rotatable bonds is 17. The Morgan fingerprint density at radius 2 is 0.633 bits per heavy atom. The highest BCUT2D eigenvalue weighted by Gasteiger charge is 2.32. The lowest BCUT2D eigenvalue weighted by atomic mass is 9.98. The molecule has 0 bridgehead atoms. The quantitative estimate of drug-likeness (QED) is 0.0177. The van der Waals surface area contributed by atoms with E-state index in [4.69, 9.17) is 68.9 Å². The van der Waals surface area contributed by atoms with Crippen molar-refractivity contribution in [1.82, 2.24) is 29.9 Å². The maximum Gasteiger partial charge on any atom is 0.294 e. The summed E-state index contributed by atoms with van der Waals surface area (Å²) in [4.78, 5) is 82.2. The Bertz CT molecular complexity index is 5350. The molecule has 98 heavy (non-hydrogen) atoms. The van der Waals surface area contributed by atoms with Gasteiger partial charge in [-0.1, -0.05) is 56.7 Å². The molecule has 3 aliphatic rings. The van der Waals surface area contributed by atoms with Crippen LogP contribution in [-0.2, 0) is 47.6 Å². The molecular formula is C64H53N11O18S5. The van der Waals surface area contributed by atoms with Crippen molar-refractivity contribution in [2.75, 3.05) is 0 Å². The first-order valence-corrected chi connectivity index (χ1v) is 33.4. The van der Waals surface area contributed by atoms with Crippen LogP contribution in [0.3, 0.4) is 0 Å². The zero-order valence-corrected chi connectivity index (χ0v) is 55.8. The molecule has 502 valence electrons. The molecule has 0 saturated carbocycles. The molecule has 34 heteroatoms. The lowest BCUT2D eigenvalue weighted by Crippen LogP contribution is -2.12. The minimum atomic E-state index is -4.51. The van der Waals surface area contributed by atoms with Gasteiger partial charge in [0.2, 0.25) is 23.6 Å². The molecule has 0 atom stereocenters. The first-order chi connectivity index (χ1) is 47.3. The molecule has 9 aromatic carbocycles. The van der Waals surface area contributed by atoms with E-state index in [1.807, 2.05) is 53.7 Å². The number of hydrogen-bond acceptors (Lipinski definition) is 28. The number of nitrogens with zero attached hydrogens (tertiary/aromatic N) is 6. The van der Waals surface area contributed by atoms with Crippen LogP contribution in [0.15, 0.2) is 152 Å². The molecule has 15 rings (SSSR count). The lowest BCUT2D eigenvalue weighted by Gasteiger charge is -2.07. The highest BCUT2D eigenvalue weighted by molar-refractivity contribution is 7.95. The van der Waals surface area contributed by atoms with Gasteiger partial charge >= 0.3 is 0 Å². The van der Waals surface area contributed by atoms with Gasteiger partial charge in [0.1, 0.15) is 0 Å². The first-order valence-electron chi connectivity index (χ1n) is 29.0. The van der Waals surface area contributed by atoms with Gasteiger partial charge in [-0.05, 0) is 144 Å². The Labute approximate surface area is 571 Å². The van der Waals surface area contributed by atoms with Gasteiger partial charge in [0.15, 0.2) is 0 Å². The van der Waals surface area contributed by atoms with E-state index >= 15 is 0 Å². The minimum Gasteiger partial charge on any atom is -0.366 e. The van der Waals surface area contributed by atoms with Gasteiger partial charge in [0.25, 0.3) is 10.1 Å². The van der Waals surface area contributed by atoms with Gasteiger partial charge < -0.3 is 22.9 Å². The first kappa shape index (κ1) is 71.3. The second-order valence-electron chi connectivity index (χ2n) is 19.9. The second-order valence-corrected chi connectivity index (χ2v) is 24.4. The molecule has 3 aromatic heterocycles. The molecular weight excluding hydrogens is 1370 g/mol. The number of fused-ring (bicyclic) bond motifs is 12. The molecule has 0 spiro atoms. The number of carbonyl (C=O) groups is 4. The van der Waals surface area contributed by atoms with E-state index in [9.17, 15) is 32.1 Å². The summed E-state index contributed by atoms with van der Waals surface area (Å²) in [6.07, 6.45) is 0. The van der Waals surface area contributed by atoms with Crippen LogP contribution < -0.4 is 28.8 Å².